The van der Waals surface area contributed by atoms with Crippen molar-refractivity contribution in [1.29, 1.82) is 0 Å². The van der Waals surface area contributed by atoms with E-state index >= 15 is 0 Å². The predicted octanol–water partition coefficient (Wildman–Crippen LogP) is 4.06. The van der Waals surface area contributed by atoms with Crippen LogP contribution in [0.4, 0.5) is 0 Å². The van der Waals surface area contributed by atoms with Crippen LogP contribution in [0.2, 0.25) is 0 Å². The van der Waals surface area contributed by atoms with Gasteiger partial charge in [0, 0.05) is 12.3 Å². The molecule has 0 bridgehead atoms. The van der Waals surface area contributed by atoms with E-state index in [0.717, 1.165) is 40.5 Å². The second kappa shape index (κ2) is 9.87. The standard InChI is InChI=1S/C20H23N3O3S/c1-3-23-19(15-26-18-11-9-16(24-2)10-12-18)21-22-20(23)27-14-13-25-17-7-5-4-6-8-17/h4-12H,3,13-15H2,1-2H3. The summed E-state index contributed by atoms with van der Waals surface area (Å²) in [6.45, 7) is 3.85. The van der Waals surface area contributed by atoms with Gasteiger partial charge in [-0.2, -0.15) is 0 Å². The molecule has 0 spiro atoms. The maximum absolute atomic E-state index is 5.82. The molecule has 0 aliphatic rings. The van der Waals surface area contributed by atoms with Gasteiger partial charge in [-0.1, -0.05) is 30.0 Å². The lowest BCUT2D eigenvalue weighted by molar-refractivity contribution is 0.287. The molecule has 1 aromatic heterocycles. The minimum atomic E-state index is 0.369. The van der Waals surface area contributed by atoms with E-state index in [1.807, 2.05) is 54.6 Å². The zero-order valence-corrected chi connectivity index (χ0v) is 16.3. The molecule has 0 amide bonds. The van der Waals surface area contributed by atoms with Gasteiger partial charge in [-0.05, 0) is 43.3 Å². The molecule has 6 nitrogen and oxygen atoms in total. The molecule has 0 aliphatic carbocycles. The quantitative estimate of drug-likeness (QED) is 0.387. The number of para-hydroxylation sites is 1. The lowest BCUT2D eigenvalue weighted by Gasteiger charge is -2.09. The van der Waals surface area contributed by atoms with E-state index in [1.165, 1.54) is 0 Å². The van der Waals surface area contributed by atoms with Gasteiger partial charge in [0.05, 0.1) is 13.7 Å². The molecule has 0 N–H and O–H groups in total. The van der Waals surface area contributed by atoms with Crippen LogP contribution in [0, 0.1) is 0 Å². The van der Waals surface area contributed by atoms with Crippen molar-refractivity contribution in [3.8, 4) is 17.2 Å². The second-order valence-corrected chi connectivity index (χ2v) is 6.68. The molecular weight excluding hydrogens is 362 g/mol. The van der Waals surface area contributed by atoms with Gasteiger partial charge in [0.1, 0.15) is 23.9 Å². The van der Waals surface area contributed by atoms with Crippen molar-refractivity contribution in [2.24, 2.45) is 0 Å². The molecule has 0 saturated heterocycles. The summed E-state index contributed by atoms with van der Waals surface area (Å²) in [6.07, 6.45) is 0. The lowest BCUT2D eigenvalue weighted by atomic mass is 10.3. The molecule has 0 aliphatic heterocycles. The van der Waals surface area contributed by atoms with E-state index in [9.17, 15) is 0 Å². The Bertz CT molecular complexity index is 822. The summed E-state index contributed by atoms with van der Waals surface area (Å²) in [5.74, 6) is 4.05. The third-order valence-electron chi connectivity index (χ3n) is 3.86. The molecule has 0 radical (unpaired) electrons. The van der Waals surface area contributed by atoms with Crippen LogP contribution in [-0.2, 0) is 13.2 Å². The Labute approximate surface area is 163 Å². The van der Waals surface area contributed by atoms with E-state index in [2.05, 4.69) is 21.7 Å². The van der Waals surface area contributed by atoms with Crippen LogP contribution in [0.15, 0.2) is 59.8 Å². The third kappa shape index (κ3) is 5.40. The fraction of sp³-hybridized carbons (Fsp3) is 0.300. The minimum absolute atomic E-state index is 0.369. The number of benzene rings is 2. The van der Waals surface area contributed by atoms with Crippen LogP contribution >= 0.6 is 11.8 Å². The molecule has 0 fully saturated rings. The first kappa shape index (κ1) is 19.1. The summed E-state index contributed by atoms with van der Waals surface area (Å²) in [6, 6.07) is 17.3. The highest BCUT2D eigenvalue weighted by molar-refractivity contribution is 7.99. The Morgan fingerprint density at radius 1 is 0.889 bits per heavy atom. The molecule has 0 saturated carbocycles. The first-order valence-electron chi connectivity index (χ1n) is 8.79. The fourth-order valence-electron chi connectivity index (χ4n) is 2.48. The molecule has 3 aromatic rings. The van der Waals surface area contributed by atoms with E-state index in [0.29, 0.717) is 13.2 Å². The predicted molar refractivity (Wildman–Crippen MR) is 106 cm³/mol. The van der Waals surface area contributed by atoms with Crippen LogP contribution in [0.5, 0.6) is 17.2 Å². The Morgan fingerprint density at radius 2 is 1.59 bits per heavy atom. The third-order valence-corrected chi connectivity index (χ3v) is 4.79. The average molecular weight is 385 g/mol. The average Bonchev–Trinajstić information content (AvgIpc) is 3.12. The normalized spacial score (nSPS) is 10.6. The van der Waals surface area contributed by atoms with Crippen LogP contribution in [0.3, 0.4) is 0 Å². The highest BCUT2D eigenvalue weighted by Gasteiger charge is 2.12. The molecule has 27 heavy (non-hydrogen) atoms. The molecule has 2 aromatic carbocycles. The molecule has 1 heterocycles. The van der Waals surface area contributed by atoms with E-state index in [-0.39, 0.29) is 0 Å². The Balaban J connectivity index is 1.51. The number of methoxy groups -OCH3 is 1. The molecular formula is C20H23N3O3S. The molecule has 0 atom stereocenters. The summed E-state index contributed by atoms with van der Waals surface area (Å²) in [5, 5.41) is 9.44. The number of aromatic nitrogens is 3. The van der Waals surface area contributed by atoms with Crippen molar-refractivity contribution in [2.75, 3.05) is 19.5 Å². The highest BCUT2D eigenvalue weighted by atomic mass is 32.2. The van der Waals surface area contributed by atoms with Crippen molar-refractivity contribution in [3.05, 3.63) is 60.4 Å². The van der Waals surface area contributed by atoms with Crippen LogP contribution in [-0.4, -0.2) is 34.2 Å². The lowest BCUT2D eigenvalue weighted by Crippen LogP contribution is -2.08. The van der Waals surface area contributed by atoms with Gasteiger partial charge in [-0.15, -0.1) is 10.2 Å². The maximum atomic E-state index is 5.82. The molecule has 0 unspecified atom stereocenters. The van der Waals surface area contributed by atoms with Gasteiger partial charge < -0.3 is 18.8 Å². The van der Waals surface area contributed by atoms with Crippen LogP contribution < -0.4 is 14.2 Å². The molecule has 142 valence electrons. The van der Waals surface area contributed by atoms with Crippen LogP contribution in [0.25, 0.3) is 0 Å². The number of ether oxygens (including phenoxy) is 3. The maximum Gasteiger partial charge on any atom is 0.191 e. The van der Waals surface area contributed by atoms with Gasteiger partial charge in [-0.25, -0.2) is 0 Å². The van der Waals surface area contributed by atoms with E-state index in [1.54, 1.807) is 18.9 Å². The van der Waals surface area contributed by atoms with Gasteiger partial charge >= 0.3 is 0 Å². The number of hydrogen-bond acceptors (Lipinski definition) is 6. The molecule has 7 heteroatoms. The Kier molecular flexibility index (Phi) is 6.98. The minimum Gasteiger partial charge on any atom is -0.497 e. The first-order valence-corrected chi connectivity index (χ1v) is 9.78. The number of hydrogen-bond donors (Lipinski definition) is 0. The van der Waals surface area contributed by atoms with Gasteiger partial charge in [0.25, 0.3) is 0 Å². The zero-order valence-electron chi connectivity index (χ0n) is 15.5. The SMILES string of the molecule is CCn1c(COc2ccc(OC)cc2)nnc1SCCOc1ccccc1. The Morgan fingerprint density at radius 3 is 2.30 bits per heavy atom. The highest BCUT2D eigenvalue weighted by Crippen LogP contribution is 2.20. The van der Waals surface area contributed by atoms with Crippen molar-refractivity contribution < 1.29 is 14.2 Å². The van der Waals surface area contributed by atoms with Gasteiger partial charge in [-0.3, -0.25) is 0 Å². The number of thioether (sulfide) groups is 1. The van der Waals surface area contributed by atoms with Crippen molar-refractivity contribution >= 4 is 11.8 Å². The monoisotopic (exact) mass is 385 g/mol. The van der Waals surface area contributed by atoms with Crippen LogP contribution in [0.1, 0.15) is 12.7 Å². The molecule has 3 rings (SSSR count). The number of nitrogens with zero attached hydrogens (tertiary/aromatic N) is 3. The Hall–Kier alpha value is -2.67. The van der Waals surface area contributed by atoms with Crippen molar-refractivity contribution in [3.63, 3.8) is 0 Å². The van der Waals surface area contributed by atoms with Gasteiger partial charge in [0.2, 0.25) is 0 Å². The first-order chi connectivity index (χ1) is 13.3. The zero-order chi connectivity index (χ0) is 18.9. The van der Waals surface area contributed by atoms with Crippen molar-refractivity contribution in [1.82, 2.24) is 14.8 Å². The second-order valence-electron chi connectivity index (χ2n) is 5.62. The fourth-order valence-corrected chi connectivity index (χ4v) is 3.32. The summed E-state index contributed by atoms with van der Waals surface area (Å²) in [4.78, 5) is 0. The summed E-state index contributed by atoms with van der Waals surface area (Å²) in [5.41, 5.74) is 0. The smallest absolute Gasteiger partial charge is 0.191 e. The van der Waals surface area contributed by atoms with E-state index in [4.69, 9.17) is 14.2 Å². The topological polar surface area (TPSA) is 58.4 Å². The summed E-state index contributed by atoms with van der Waals surface area (Å²) in [7, 11) is 1.64. The van der Waals surface area contributed by atoms with Crippen molar-refractivity contribution in [2.45, 2.75) is 25.2 Å². The van der Waals surface area contributed by atoms with E-state index < -0.39 is 0 Å². The number of rotatable bonds is 10. The summed E-state index contributed by atoms with van der Waals surface area (Å²) >= 11 is 1.63. The largest absolute Gasteiger partial charge is 0.497 e. The summed E-state index contributed by atoms with van der Waals surface area (Å²) < 4.78 is 18.8. The van der Waals surface area contributed by atoms with Gasteiger partial charge in [0.15, 0.2) is 11.0 Å².